The number of benzene rings is 2. The van der Waals surface area contributed by atoms with Crippen LogP contribution in [-0.4, -0.2) is 24.1 Å². The van der Waals surface area contributed by atoms with Crippen LogP contribution in [0.3, 0.4) is 0 Å². The molecule has 2 aromatic carbocycles. The molecule has 7 nitrogen and oxygen atoms in total. The Bertz CT molecular complexity index is 1200. The van der Waals surface area contributed by atoms with E-state index < -0.39 is 15.9 Å². The molecule has 3 aromatic rings. The Labute approximate surface area is 184 Å². The maximum atomic E-state index is 12.8. The number of aryl methyl sites for hydroxylation is 1. The zero-order valence-electron chi connectivity index (χ0n) is 17.1. The third-order valence-corrected chi connectivity index (χ3v) is 6.36. The molecule has 0 aliphatic carbocycles. The fourth-order valence-corrected chi connectivity index (χ4v) is 4.28. The average molecular weight is 491 g/mol. The minimum absolute atomic E-state index is 0.00561. The molecule has 9 heteroatoms. The van der Waals surface area contributed by atoms with Gasteiger partial charge in [-0.3, -0.25) is 14.2 Å². The first kappa shape index (κ1) is 22.0. The average Bonchev–Trinajstić information content (AvgIpc) is 3.13. The van der Waals surface area contributed by atoms with Crippen molar-refractivity contribution in [1.82, 2.24) is 9.78 Å². The van der Waals surface area contributed by atoms with E-state index in [1.165, 1.54) is 18.2 Å². The molecule has 0 aliphatic rings. The first-order valence-electron chi connectivity index (χ1n) is 9.21. The van der Waals surface area contributed by atoms with Gasteiger partial charge >= 0.3 is 0 Å². The number of carbonyl (C=O) groups excluding carboxylic acids is 1. The summed E-state index contributed by atoms with van der Waals surface area (Å²) < 4.78 is 30.6. The van der Waals surface area contributed by atoms with Crippen molar-refractivity contribution in [2.45, 2.75) is 38.1 Å². The maximum Gasteiger partial charge on any atom is 0.261 e. The summed E-state index contributed by atoms with van der Waals surface area (Å²) in [6.07, 6.45) is 3.29. The van der Waals surface area contributed by atoms with Gasteiger partial charge in [-0.2, -0.15) is 5.10 Å². The Kier molecular flexibility index (Phi) is 6.05. The lowest BCUT2D eigenvalue weighted by Crippen LogP contribution is -2.22. The quantitative estimate of drug-likeness (QED) is 0.538. The lowest BCUT2D eigenvalue weighted by molar-refractivity contribution is 0.102. The van der Waals surface area contributed by atoms with Gasteiger partial charge in [-0.15, -0.1) is 0 Å². The number of hydrogen-bond acceptors (Lipinski definition) is 4. The van der Waals surface area contributed by atoms with Gasteiger partial charge < -0.3 is 5.32 Å². The third kappa shape index (κ3) is 5.09. The molecule has 0 fully saturated rings. The van der Waals surface area contributed by atoms with E-state index in [2.05, 4.69) is 31.1 Å². The molecule has 0 aliphatic heterocycles. The summed E-state index contributed by atoms with van der Waals surface area (Å²) in [5.41, 5.74) is 1.89. The Morgan fingerprint density at radius 1 is 1.13 bits per heavy atom. The van der Waals surface area contributed by atoms with Crippen molar-refractivity contribution in [1.29, 1.82) is 0 Å². The van der Waals surface area contributed by atoms with E-state index >= 15 is 0 Å². The van der Waals surface area contributed by atoms with E-state index in [1.807, 2.05) is 33.8 Å². The predicted octanol–water partition coefficient (Wildman–Crippen LogP) is 4.76. The second kappa shape index (κ2) is 8.23. The van der Waals surface area contributed by atoms with Gasteiger partial charge in [0.2, 0.25) is 0 Å². The number of aromatic nitrogens is 2. The summed E-state index contributed by atoms with van der Waals surface area (Å²) in [5, 5.41) is 7.00. The molecule has 1 heterocycles. The smallest absolute Gasteiger partial charge is 0.261 e. The molecule has 0 radical (unpaired) electrons. The molecule has 1 amide bonds. The van der Waals surface area contributed by atoms with Crippen molar-refractivity contribution in [3.05, 3.63) is 70.5 Å². The summed E-state index contributed by atoms with van der Waals surface area (Å²) in [6, 6.07) is 11.3. The molecule has 0 bridgehead atoms. The number of nitrogens with zero attached hydrogens (tertiary/aromatic N) is 2. The van der Waals surface area contributed by atoms with Crippen LogP contribution in [0.4, 0.5) is 11.4 Å². The zero-order valence-corrected chi connectivity index (χ0v) is 19.5. The molecule has 2 N–H and O–H groups in total. The van der Waals surface area contributed by atoms with Crippen molar-refractivity contribution >= 4 is 43.2 Å². The second-order valence-electron chi connectivity index (χ2n) is 7.92. The van der Waals surface area contributed by atoms with Gasteiger partial charge in [0.05, 0.1) is 28.0 Å². The molecule has 158 valence electrons. The number of hydrogen-bond donors (Lipinski definition) is 2. The van der Waals surface area contributed by atoms with Crippen molar-refractivity contribution in [3.63, 3.8) is 0 Å². The monoisotopic (exact) mass is 490 g/mol. The summed E-state index contributed by atoms with van der Waals surface area (Å²) in [5.74, 6) is -0.419. The first-order chi connectivity index (χ1) is 14.0. The van der Waals surface area contributed by atoms with E-state index in [-0.39, 0.29) is 16.0 Å². The molecule has 0 spiro atoms. The second-order valence-corrected chi connectivity index (χ2v) is 10.5. The van der Waals surface area contributed by atoms with E-state index in [9.17, 15) is 13.2 Å². The van der Waals surface area contributed by atoms with Crippen molar-refractivity contribution in [3.8, 4) is 0 Å². The lowest BCUT2D eigenvalue weighted by Gasteiger charge is -2.18. The van der Waals surface area contributed by atoms with Crippen LogP contribution < -0.4 is 10.0 Å². The highest BCUT2D eigenvalue weighted by molar-refractivity contribution is 9.10. The predicted molar refractivity (Wildman–Crippen MR) is 121 cm³/mol. The van der Waals surface area contributed by atoms with Gasteiger partial charge in [-0.05, 0) is 79.5 Å². The standard InChI is InChI=1S/C21H23BrN4O3S/c1-14-8-9-18(22)19(10-14)25-30(28,29)17-7-5-6-15(11-17)20(27)24-16-12-23-26(13-16)21(2,3)4/h5-13,25H,1-4H3,(H,24,27). The summed E-state index contributed by atoms with van der Waals surface area (Å²) in [6.45, 7) is 7.87. The molecule has 0 saturated heterocycles. The van der Waals surface area contributed by atoms with Crippen LogP contribution >= 0.6 is 15.9 Å². The van der Waals surface area contributed by atoms with E-state index in [1.54, 1.807) is 35.3 Å². The molecule has 0 unspecified atom stereocenters. The van der Waals surface area contributed by atoms with Gasteiger partial charge in [-0.25, -0.2) is 8.42 Å². The van der Waals surface area contributed by atoms with Crippen molar-refractivity contribution < 1.29 is 13.2 Å². The van der Waals surface area contributed by atoms with E-state index in [0.29, 0.717) is 15.8 Å². The Hall–Kier alpha value is -2.65. The zero-order chi connectivity index (χ0) is 22.1. The molecule has 0 atom stereocenters. The maximum absolute atomic E-state index is 12.8. The number of anilines is 2. The minimum Gasteiger partial charge on any atom is -0.319 e. The minimum atomic E-state index is -3.87. The van der Waals surface area contributed by atoms with Gasteiger partial charge in [0.1, 0.15) is 0 Å². The number of rotatable bonds is 5. The van der Waals surface area contributed by atoms with Crippen molar-refractivity contribution in [2.75, 3.05) is 10.0 Å². The van der Waals surface area contributed by atoms with Crippen LogP contribution in [0.15, 0.2) is 64.2 Å². The number of nitrogens with one attached hydrogen (secondary N) is 2. The molecule has 3 rings (SSSR count). The molecule has 0 saturated carbocycles. The Morgan fingerprint density at radius 2 is 1.87 bits per heavy atom. The SMILES string of the molecule is Cc1ccc(Br)c(NS(=O)(=O)c2cccc(C(=O)Nc3cnn(C(C)(C)C)c3)c2)c1. The van der Waals surface area contributed by atoms with Gasteiger partial charge in [-0.1, -0.05) is 12.1 Å². The number of carbonyl (C=O) groups is 1. The summed E-state index contributed by atoms with van der Waals surface area (Å²) >= 11 is 3.35. The molecule has 1 aromatic heterocycles. The normalized spacial score (nSPS) is 11.9. The summed E-state index contributed by atoms with van der Waals surface area (Å²) in [4.78, 5) is 12.6. The fourth-order valence-electron chi connectivity index (χ4n) is 2.68. The number of sulfonamides is 1. The summed E-state index contributed by atoms with van der Waals surface area (Å²) in [7, 11) is -3.87. The van der Waals surface area contributed by atoms with Crippen molar-refractivity contribution in [2.24, 2.45) is 0 Å². The first-order valence-corrected chi connectivity index (χ1v) is 11.5. The highest BCUT2D eigenvalue weighted by atomic mass is 79.9. The van der Waals surface area contributed by atoms with Crippen LogP contribution in [0, 0.1) is 6.92 Å². The Morgan fingerprint density at radius 3 is 2.53 bits per heavy atom. The van der Waals surface area contributed by atoms with Gasteiger partial charge in [0.15, 0.2) is 0 Å². The topological polar surface area (TPSA) is 93.1 Å². The van der Waals surface area contributed by atoms with Crippen LogP contribution in [-0.2, 0) is 15.6 Å². The van der Waals surface area contributed by atoms with Crippen LogP contribution in [0.5, 0.6) is 0 Å². The Balaban J connectivity index is 1.82. The number of halogens is 1. The van der Waals surface area contributed by atoms with Crippen LogP contribution in [0.2, 0.25) is 0 Å². The molecular weight excluding hydrogens is 468 g/mol. The highest BCUT2D eigenvalue weighted by Gasteiger charge is 2.19. The molecule has 30 heavy (non-hydrogen) atoms. The fraction of sp³-hybridized carbons (Fsp3) is 0.238. The largest absolute Gasteiger partial charge is 0.319 e. The molecular formula is C21H23BrN4O3S. The van der Waals surface area contributed by atoms with E-state index in [0.717, 1.165) is 5.56 Å². The van der Waals surface area contributed by atoms with Crippen LogP contribution in [0.1, 0.15) is 36.7 Å². The number of amides is 1. The highest BCUT2D eigenvalue weighted by Crippen LogP contribution is 2.26. The van der Waals surface area contributed by atoms with E-state index in [4.69, 9.17) is 0 Å². The van der Waals surface area contributed by atoms with Gasteiger partial charge in [0.25, 0.3) is 15.9 Å². The lowest BCUT2D eigenvalue weighted by atomic mass is 10.1. The third-order valence-electron chi connectivity index (χ3n) is 4.30. The van der Waals surface area contributed by atoms with Crippen LogP contribution in [0.25, 0.3) is 0 Å². The van der Waals surface area contributed by atoms with Gasteiger partial charge in [0, 0.05) is 16.2 Å².